The maximum atomic E-state index is 11.9. The molecule has 2 nitrogen and oxygen atoms in total. The number of rotatable bonds is 4. The predicted molar refractivity (Wildman–Crippen MR) is 95.9 cm³/mol. The maximum absolute atomic E-state index is 11.9. The fourth-order valence-corrected chi connectivity index (χ4v) is 4.30. The Bertz CT molecular complexity index is 789. The van der Waals surface area contributed by atoms with Gasteiger partial charge in [-0.1, -0.05) is 54.6 Å². The Balaban J connectivity index is 1.70. The van der Waals surface area contributed by atoms with E-state index in [1.54, 1.807) is 0 Å². The van der Waals surface area contributed by atoms with Gasteiger partial charge >= 0.3 is 5.97 Å². The molecule has 0 saturated carbocycles. The third kappa shape index (κ3) is 2.56. The molecule has 0 aliphatic heterocycles. The molecule has 2 atom stereocenters. The van der Waals surface area contributed by atoms with Crippen LogP contribution in [0.4, 0.5) is 0 Å². The van der Waals surface area contributed by atoms with Gasteiger partial charge in [-0.25, -0.2) is 0 Å². The SMILES string of the molecule is CCOC(=O)CC1=CCC2CC(c3ccccc3)c3cccc1c32. The molecule has 2 aliphatic carbocycles. The lowest BCUT2D eigenvalue weighted by atomic mass is 9.83. The van der Waals surface area contributed by atoms with E-state index >= 15 is 0 Å². The fourth-order valence-electron chi connectivity index (χ4n) is 4.30. The minimum absolute atomic E-state index is 0.127. The maximum Gasteiger partial charge on any atom is 0.310 e. The topological polar surface area (TPSA) is 26.3 Å². The first-order chi connectivity index (χ1) is 11.8. The quantitative estimate of drug-likeness (QED) is 0.738. The molecule has 0 aromatic heterocycles. The summed E-state index contributed by atoms with van der Waals surface area (Å²) in [6, 6.07) is 17.4. The van der Waals surface area contributed by atoms with Gasteiger partial charge in [0.05, 0.1) is 13.0 Å². The molecule has 122 valence electrons. The minimum atomic E-state index is -0.127. The highest BCUT2D eigenvalue weighted by molar-refractivity contribution is 5.87. The highest BCUT2D eigenvalue weighted by Crippen LogP contribution is 2.51. The summed E-state index contributed by atoms with van der Waals surface area (Å²) in [4.78, 5) is 11.9. The summed E-state index contributed by atoms with van der Waals surface area (Å²) in [7, 11) is 0. The molecule has 0 spiro atoms. The van der Waals surface area contributed by atoms with Crippen LogP contribution in [0.15, 0.2) is 54.6 Å². The van der Waals surface area contributed by atoms with Crippen molar-refractivity contribution in [3.63, 3.8) is 0 Å². The summed E-state index contributed by atoms with van der Waals surface area (Å²) in [5.41, 5.74) is 6.70. The summed E-state index contributed by atoms with van der Waals surface area (Å²) in [5.74, 6) is 0.922. The van der Waals surface area contributed by atoms with Crippen LogP contribution in [0.25, 0.3) is 5.57 Å². The Kier molecular flexibility index (Phi) is 3.97. The number of carbonyl (C=O) groups is 1. The number of esters is 1. The Morgan fingerprint density at radius 2 is 1.96 bits per heavy atom. The van der Waals surface area contributed by atoms with Crippen molar-refractivity contribution in [2.24, 2.45) is 0 Å². The van der Waals surface area contributed by atoms with Gasteiger partial charge in [0, 0.05) is 5.92 Å². The van der Waals surface area contributed by atoms with Crippen LogP contribution in [0, 0.1) is 0 Å². The third-order valence-electron chi connectivity index (χ3n) is 5.28. The molecule has 0 saturated heterocycles. The molecular weight excluding hydrogens is 296 g/mol. The van der Waals surface area contributed by atoms with Gasteiger partial charge in [0.1, 0.15) is 0 Å². The van der Waals surface area contributed by atoms with Crippen molar-refractivity contribution >= 4 is 11.5 Å². The van der Waals surface area contributed by atoms with Crippen LogP contribution in [0.5, 0.6) is 0 Å². The number of ether oxygens (including phenoxy) is 1. The number of hydrogen-bond donors (Lipinski definition) is 0. The Morgan fingerprint density at radius 3 is 2.75 bits per heavy atom. The largest absolute Gasteiger partial charge is 0.466 e. The first-order valence-corrected chi connectivity index (χ1v) is 8.80. The van der Waals surface area contributed by atoms with Gasteiger partial charge in [-0.15, -0.1) is 0 Å². The Morgan fingerprint density at radius 1 is 1.12 bits per heavy atom. The third-order valence-corrected chi connectivity index (χ3v) is 5.28. The van der Waals surface area contributed by atoms with Crippen LogP contribution < -0.4 is 0 Å². The first-order valence-electron chi connectivity index (χ1n) is 8.80. The lowest BCUT2D eigenvalue weighted by Gasteiger charge is -2.22. The van der Waals surface area contributed by atoms with Gasteiger partial charge in [-0.2, -0.15) is 0 Å². The van der Waals surface area contributed by atoms with Crippen molar-refractivity contribution in [1.29, 1.82) is 0 Å². The van der Waals surface area contributed by atoms with E-state index in [1.807, 2.05) is 6.92 Å². The van der Waals surface area contributed by atoms with Gasteiger partial charge < -0.3 is 4.74 Å². The van der Waals surface area contributed by atoms with E-state index in [-0.39, 0.29) is 5.97 Å². The summed E-state index contributed by atoms with van der Waals surface area (Å²) < 4.78 is 5.14. The minimum Gasteiger partial charge on any atom is -0.466 e. The van der Waals surface area contributed by atoms with E-state index in [0.717, 1.165) is 12.0 Å². The van der Waals surface area contributed by atoms with Gasteiger partial charge in [-0.05, 0) is 53.5 Å². The van der Waals surface area contributed by atoms with Crippen molar-refractivity contribution < 1.29 is 9.53 Å². The normalized spacial score (nSPS) is 21.1. The second-order valence-corrected chi connectivity index (χ2v) is 6.65. The van der Waals surface area contributed by atoms with E-state index in [1.165, 1.54) is 28.7 Å². The molecule has 2 aromatic rings. The average Bonchev–Trinajstić information content (AvgIpc) is 2.99. The predicted octanol–water partition coefficient (Wildman–Crippen LogP) is 5.05. The van der Waals surface area contributed by atoms with Crippen LogP contribution in [0.3, 0.4) is 0 Å². The smallest absolute Gasteiger partial charge is 0.310 e. The van der Waals surface area contributed by atoms with E-state index in [4.69, 9.17) is 4.74 Å². The zero-order valence-electron chi connectivity index (χ0n) is 14.0. The van der Waals surface area contributed by atoms with E-state index in [9.17, 15) is 4.79 Å². The van der Waals surface area contributed by atoms with Gasteiger partial charge in [0.2, 0.25) is 0 Å². The van der Waals surface area contributed by atoms with Gasteiger partial charge in [0.25, 0.3) is 0 Å². The molecule has 0 N–H and O–H groups in total. The van der Waals surface area contributed by atoms with Crippen LogP contribution in [-0.2, 0) is 9.53 Å². The molecule has 2 unspecified atom stereocenters. The highest BCUT2D eigenvalue weighted by atomic mass is 16.5. The van der Waals surface area contributed by atoms with Crippen LogP contribution in [0.1, 0.15) is 60.3 Å². The second kappa shape index (κ2) is 6.27. The summed E-state index contributed by atoms with van der Waals surface area (Å²) in [6.07, 6.45) is 4.83. The number of carbonyl (C=O) groups excluding carboxylic acids is 1. The summed E-state index contributed by atoms with van der Waals surface area (Å²) in [6.45, 7) is 2.30. The highest BCUT2D eigenvalue weighted by Gasteiger charge is 2.35. The zero-order chi connectivity index (χ0) is 16.5. The average molecular weight is 318 g/mol. The molecule has 0 heterocycles. The lowest BCUT2D eigenvalue weighted by Crippen LogP contribution is -2.09. The summed E-state index contributed by atoms with van der Waals surface area (Å²) >= 11 is 0. The molecule has 0 bridgehead atoms. The molecule has 4 rings (SSSR count). The van der Waals surface area contributed by atoms with Crippen LogP contribution in [0.2, 0.25) is 0 Å². The standard InChI is InChI=1S/C22H22O2/c1-2-24-21(23)14-16-11-12-17-13-20(15-7-4-3-5-8-15)19-10-6-9-18(16)22(17)19/h3-11,17,20H,2,12-14H2,1H3. The van der Waals surface area contributed by atoms with Crippen LogP contribution in [-0.4, -0.2) is 12.6 Å². The number of hydrogen-bond acceptors (Lipinski definition) is 2. The van der Waals surface area contributed by atoms with Gasteiger partial charge in [-0.3, -0.25) is 4.79 Å². The molecule has 2 heteroatoms. The molecule has 2 aromatic carbocycles. The number of allylic oxidation sites excluding steroid dienone is 1. The van der Waals surface area contributed by atoms with E-state index < -0.39 is 0 Å². The van der Waals surface area contributed by atoms with Gasteiger partial charge in [0.15, 0.2) is 0 Å². The molecule has 0 radical (unpaired) electrons. The monoisotopic (exact) mass is 318 g/mol. The Labute approximate surface area is 143 Å². The number of benzene rings is 2. The lowest BCUT2D eigenvalue weighted by molar-refractivity contribution is -0.141. The molecule has 24 heavy (non-hydrogen) atoms. The van der Waals surface area contributed by atoms with E-state index in [2.05, 4.69) is 54.6 Å². The van der Waals surface area contributed by atoms with Crippen molar-refractivity contribution in [3.05, 3.63) is 76.9 Å². The summed E-state index contributed by atoms with van der Waals surface area (Å²) in [5, 5.41) is 0. The molecule has 0 fully saturated rings. The van der Waals surface area contributed by atoms with Crippen LogP contribution >= 0.6 is 0 Å². The molecule has 2 aliphatic rings. The second-order valence-electron chi connectivity index (χ2n) is 6.65. The zero-order valence-corrected chi connectivity index (χ0v) is 14.0. The van der Waals surface area contributed by atoms with Crippen molar-refractivity contribution in [2.75, 3.05) is 6.61 Å². The van der Waals surface area contributed by atoms with Crippen molar-refractivity contribution in [3.8, 4) is 0 Å². The van der Waals surface area contributed by atoms with Crippen molar-refractivity contribution in [2.45, 2.75) is 38.0 Å². The Hall–Kier alpha value is -2.35. The first kappa shape index (κ1) is 15.2. The van der Waals surface area contributed by atoms with E-state index in [0.29, 0.717) is 24.9 Å². The molecule has 0 amide bonds. The van der Waals surface area contributed by atoms with Crippen molar-refractivity contribution in [1.82, 2.24) is 0 Å². The fraction of sp³-hybridized carbons (Fsp3) is 0.318. The molecular formula is C22H22O2.